The van der Waals surface area contributed by atoms with E-state index in [9.17, 15) is 14.4 Å². The molecule has 0 atom stereocenters. The average Bonchev–Trinajstić information content (AvgIpc) is 2.80. The maximum absolute atomic E-state index is 12.9. The third-order valence-electron chi connectivity index (χ3n) is 5.59. The van der Waals surface area contributed by atoms with Crippen molar-refractivity contribution < 1.29 is 19.1 Å². The number of nitrogens with zero attached hydrogens (tertiary/aromatic N) is 1. The molecule has 1 N–H and O–H groups in total. The highest BCUT2D eigenvalue weighted by Crippen LogP contribution is 2.30. The number of unbranched alkanes of at least 4 members (excludes halogenated alkanes) is 2. The molecular formula is C26H26N2O4. The number of carbonyl (C=O) groups is 3. The van der Waals surface area contributed by atoms with Crippen LogP contribution >= 0.6 is 0 Å². The zero-order chi connectivity index (χ0) is 22.5. The standard InChI is InChI=1S/C26H26N2O4/c1-2-32-20-15-13-19(14-16-20)27-23(29)12-4-3-5-17-28-25(30)21-10-6-8-18-9-7-11-22(24(18)21)26(28)31/h6-11,13-16H,2-5,12,17H2,1H3,(H,27,29). The van der Waals surface area contributed by atoms with E-state index in [1.54, 1.807) is 12.1 Å². The lowest BCUT2D eigenvalue weighted by Gasteiger charge is -2.27. The molecule has 1 aliphatic rings. The second-order valence-corrected chi connectivity index (χ2v) is 7.79. The molecule has 3 aromatic carbocycles. The van der Waals surface area contributed by atoms with Gasteiger partial charge in [-0.25, -0.2) is 0 Å². The summed E-state index contributed by atoms with van der Waals surface area (Å²) < 4.78 is 5.39. The largest absolute Gasteiger partial charge is 0.494 e. The summed E-state index contributed by atoms with van der Waals surface area (Å²) in [6.07, 6.45) is 2.48. The molecule has 3 aromatic rings. The maximum Gasteiger partial charge on any atom is 0.261 e. The smallest absolute Gasteiger partial charge is 0.261 e. The summed E-state index contributed by atoms with van der Waals surface area (Å²) in [5.74, 6) is 0.228. The van der Waals surface area contributed by atoms with Crippen molar-refractivity contribution in [3.8, 4) is 5.75 Å². The molecule has 0 unspecified atom stereocenters. The van der Waals surface area contributed by atoms with Gasteiger partial charge in [-0.3, -0.25) is 19.3 Å². The van der Waals surface area contributed by atoms with Gasteiger partial charge in [0.25, 0.3) is 11.8 Å². The summed E-state index contributed by atoms with van der Waals surface area (Å²) in [6.45, 7) is 2.87. The quantitative estimate of drug-likeness (QED) is 0.381. The van der Waals surface area contributed by atoms with Crippen LogP contribution in [0.3, 0.4) is 0 Å². The zero-order valence-corrected chi connectivity index (χ0v) is 18.1. The van der Waals surface area contributed by atoms with E-state index in [0.717, 1.165) is 28.6 Å². The number of rotatable bonds is 9. The van der Waals surface area contributed by atoms with E-state index in [1.165, 1.54) is 4.90 Å². The van der Waals surface area contributed by atoms with Gasteiger partial charge in [0.1, 0.15) is 5.75 Å². The molecule has 0 radical (unpaired) electrons. The molecule has 4 rings (SSSR count). The number of carbonyl (C=O) groups excluding carboxylic acids is 3. The highest BCUT2D eigenvalue weighted by Gasteiger charge is 2.31. The Hall–Kier alpha value is -3.67. The van der Waals surface area contributed by atoms with Crippen molar-refractivity contribution in [1.82, 2.24) is 4.90 Å². The number of hydrogen-bond acceptors (Lipinski definition) is 4. The first-order chi connectivity index (χ1) is 15.6. The molecule has 0 fully saturated rings. The maximum atomic E-state index is 12.9. The van der Waals surface area contributed by atoms with Gasteiger partial charge in [-0.05, 0) is 61.5 Å². The molecule has 6 heteroatoms. The molecule has 6 nitrogen and oxygen atoms in total. The summed E-state index contributed by atoms with van der Waals surface area (Å²) in [6, 6.07) is 18.3. The number of ether oxygens (including phenoxy) is 1. The van der Waals surface area contributed by atoms with Gasteiger partial charge in [0.2, 0.25) is 5.91 Å². The van der Waals surface area contributed by atoms with E-state index in [2.05, 4.69) is 5.32 Å². The van der Waals surface area contributed by atoms with E-state index in [1.807, 2.05) is 55.5 Å². The molecule has 164 valence electrons. The molecule has 1 aliphatic heterocycles. The van der Waals surface area contributed by atoms with Gasteiger partial charge in [0.05, 0.1) is 6.61 Å². The summed E-state index contributed by atoms with van der Waals surface area (Å²) in [7, 11) is 0. The van der Waals surface area contributed by atoms with E-state index in [-0.39, 0.29) is 17.7 Å². The highest BCUT2D eigenvalue weighted by atomic mass is 16.5. The summed E-state index contributed by atoms with van der Waals surface area (Å²) >= 11 is 0. The number of benzene rings is 3. The van der Waals surface area contributed by atoms with Crippen LogP contribution in [0.2, 0.25) is 0 Å². The molecular weight excluding hydrogens is 404 g/mol. The Morgan fingerprint density at radius 2 is 1.53 bits per heavy atom. The normalized spacial score (nSPS) is 12.8. The van der Waals surface area contributed by atoms with Gasteiger partial charge in [-0.2, -0.15) is 0 Å². The molecule has 0 bridgehead atoms. The minimum atomic E-state index is -0.243. The molecule has 0 saturated carbocycles. The third kappa shape index (κ3) is 4.49. The third-order valence-corrected chi connectivity index (χ3v) is 5.59. The van der Waals surface area contributed by atoms with Crippen LogP contribution in [0.1, 0.15) is 53.3 Å². The number of imide groups is 1. The Morgan fingerprint density at radius 3 is 2.16 bits per heavy atom. The Labute approximate surface area is 187 Å². The number of hydrogen-bond donors (Lipinski definition) is 1. The summed E-state index contributed by atoms with van der Waals surface area (Å²) in [5, 5.41) is 4.52. The fraction of sp³-hybridized carbons (Fsp3) is 0.269. The van der Waals surface area contributed by atoms with Crippen molar-refractivity contribution in [2.24, 2.45) is 0 Å². The van der Waals surface area contributed by atoms with Crippen LogP contribution in [0.25, 0.3) is 10.8 Å². The minimum absolute atomic E-state index is 0.0557. The van der Waals surface area contributed by atoms with Crippen molar-refractivity contribution in [2.45, 2.75) is 32.6 Å². The average molecular weight is 431 g/mol. The molecule has 0 spiro atoms. The van der Waals surface area contributed by atoms with Gasteiger partial charge in [-0.1, -0.05) is 30.7 Å². The zero-order valence-electron chi connectivity index (χ0n) is 18.1. The Kier molecular flexibility index (Phi) is 6.50. The van der Waals surface area contributed by atoms with E-state index in [0.29, 0.717) is 43.5 Å². The van der Waals surface area contributed by atoms with Crippen molar-refractivity contribution >= 4 is 34.2 Å². The fourth-order valence-corrected chi connectivity index (χ4v) is 4.04. The van der Waals surface area contributed by atoms with Crippen molar-refractivity contribution in [3.63, 3.8) is 0 Å². The van der Waals surface area contributed by atoms with Crippen molar-refractivity contribution in [1.29, 1.82) is 0 Å². The van der Waals surface area contributed by atoms with Crippen LogP contribution in [0.15, 0.2) is 60.7 Å². The topological polar surface area (TPSA) is 75.7 Å². The van der Waals surface area contributed by atoms with Crippen molar-refractivity contribution in [3.05, 3.63) is 71.8 Å². The van der Waals surface area contributed by atoms with E-state index in [4.69, 9.17) is 4.74 Å². The van der Waals surface area contributed by atoms with Gasteiger partial charge in [0, 0.05) is 35.2 Å². The van der Waals surface area contributed by atoms with E-state index >= 15 is 0 Å². The molecule has 3 amide bonds. The van der Waals surface area contributed by atoms with Gasteiger partial charge in [0.15, 0.2) is 0 Å². The number of nitrogens with one attached hydrogen (secondary N) is 1. The predicted molar refractivity (Wildman–Crippen MR) is 124 cm³/mol. The van der Waals surface area contributed by atoms with Crippen LogP contribution in [-0.2, 0) is 4.79 Å². The fourth-order valence-electron chi connectivity index (χ4n) is 4.04. The van der Waals surface area contributed by atoms with Crippen LogP contribution in [0.5, 0.6) is 5.75 Å². The van der Waals surface area contributed by atoms with Crippen molar-refractivity contribution in [2.75, 3.05) is 18.5 Å². The molecule has 0 aliphatic carbocycles. The molecule has 32 heavy (non-hydrogen) atoms. The lowest BCUT2D eigenvalue weighted by molar-refractivity contribution is -0.116. The van der Waals surface area contributed by atoms with Crippen LogP contribution in [0.4, 0.5) is 5.69 Å². The Bertz CT molecular complexity index is 1100. The van der Waals surface area contributed by atoms with E-state index < -0.39 is 0 Å². The minimum Gasteiger partial charge on any atom is -0.494 e. The first-order valence-corrected chi connectivity index (χ1v) is 11.0. The lowest BCUT2D eigenvalue weighted by atomic mass is 9.94. The first-order valence-electron chi connectivity index (χ1n) is 11.0. The molecule has 0 aromatic heterocycles. The first kappa shape index (κ1) is 21.6. The summed E-state index contributed by atoms with van der Waals surface area (Å²) in [5.41, 5.74) is 1.88. The number of amides is 3. The second-order valence-electron chi connectivity index (χ2n) is 7.79. The number of anilines is 1. The SMILES string of the molecule is CCOc1ccc(NC(=O)CCCCCN2C(=O)c3cccc4cccc(c34)C2=O)cc1. The Balaban J connectivity index is 1.26. The van der Waals surface area contributed by atoms with Crippen LogP contribution in [0, 0.1) is 0 Å². The summed E-state index contributed by atoms with van der Waals surface area (Å²) in [4.78, 5) is 39.3. The van der Waals surface area contributed by atoms with Crippen LogP contribution in [-0.4, -0.2) is 35.8 Å². The van der Waals surface area contributed by atoms with Gasteiger partial charge in [-0.15, -0.1) is 0 Å². The van der Waals surface area contributed by atoms with Crippen LogP contribution < -0.4 is 10.1 Å². The molecule has 0 saturated heterocycles. The monoisotopic (exact) mass is 430 g/mol. The lowest BCUT2D eigenvalue weighted by Crippen LogP contribution is -2.40. The highest BCUT2D eigenvalue weighted by molar-refractivity contribution is 6.25. The van der Waals surface area contributed by atoms with Gasteiger partial charge < -0.3 is 10.1 Å². The second kappa shape index (κ2) is 9.64. The Morgan fingerprint density at radius 1 is 0.875 bits per heavy atom. The predicted octanol–water partition coefficient (Wildman–Crippen LogP) is 5.03. The van der Waals surface area contributed by atoms with Gasteiger partial charge >= 0.3 is 0 Å². The molecule has 1 heterocycles.